The van der Waals surface area contributed by atoms with Gasteiger partial charge in [0.1, 0.15) is 0 Å². The van der Waals surface area contributed by atoms with Crippen molar-refractivity contribution in [3.63, 3.8) is 0 Å². The zero-order chi connectivity index (χ0) is 21.8. The first-order chi connectivity index (χ1) is 15.0. The molecule has 6 nitrogen and oxygen atoms in total. The van der Waals surface area contributed by atoms with Gasteiger partial charge in [0, 0.05) is 31.1 Å². The van der Waals surface area contributed by atoms with Crippen LogP contribution in [-0.4, -0.2) is 33.1 Å². The maximum absolute atomic E-state index is 12.6. The number of nitrogens with one attached hydrogen (secondary N) is 2. The van der Waals surface area contributed by atoms with Crippen molar-refractivity contribution in [3.05, 3.63) is 85.8 Å². The second-order valence-corrected chi connectivity index (χ2v) is 9.01. The highest BCUT2D eigenvalue weighted by molar-refractivity contribution is 7.99. The van der Waals surface area contributed by atoms with Crippen LogP contribution in [0.15, 0.2) is 58.5 Å². The van der Waals surface area contributed by atoms with Gasteiger partial charge in [0.15, 0.2) is 5.16 Å². The van der Waals surface area contributed by atoms with Gasteiger partial charge in [-0.05, 0) is 23.8 Å². The first-order valence-corrected chi connectivity index (χ1v) is 11.5. The Balaban J connectivity index is 1.37. The number of halogens is 2. The third kappa shape index (κ3) is 5.68. The van der Waals surface area contributed by atoms with Crippen LogP contribution in [0.2, 0.25) is 10.0 Å². The predicted octanol–water partition coefficient (Wildman–Crippen LogP) is 4.37. The quantitative estimate of drug-likeness (QED) is 0.409. The Morgan fingerprint density at radius 1 is 1.19 bits per heavy atom. The SMILES string of the molecule is O=C(CSc1nc2c(c(=O)[nH]1)CN(Cc1ccccc1)CC2)Nc1ccc(Cl)cc1Cl. The summed E-state index contributed by atoms with van der Waals surface area (Å²) in [6, 6.07) is 15.1. The third-order valence-corrected chi connectivity index (χ3v) is 6.34. The highest BCUT2D eigenvalue weighted by Crippen LogP contribution is 2.26. The predicted molar refractivity (Wildman–Crippen MR) is 125 cm³/mol. The van der Waals surface area contributed by atoms with Gasteiger partial charge in [-0.3, -0.25) is 14.5 Å². The first kappa shape index (κ1) is 21.9. The molecule has 2 aromatic carbocycles. The molecule has 9 heteroatoms. The van der Waals surface area contributed by atoms with Crippen molar-refractivity contribution in [1.29, 1.82) is 0 Å². The molecule has 0 atom stereocenters. The number of hydrogen-bond acceptors (Lipinski definition) is 5. The molecule has 1 aliphatic rings. The van der Waals surface area contributed by atoms with Crippen molar-refractivity contribution in [1.82, 2.24) is 14.9 Å². The number of benzene rings is 2. The van der Waals surface area contributed by atoms with Crippen LogP contribution in [0.25, 0.3) is 0 Å². The van der Waals surface area contributed by atoms with Crippen molar-refractivity contribution >= 4 is 46.6 Å². The molecular formula is C22H20Cl2N4O2S. The van der Waals surface area contributed by atoms with Crippen LogP contribution in [0, 0.1) is 0 Å². The Hall–Kier alpha value is -2.32. The second-order valence-electron chi connectivity index (χ2n) is 7.20. The highest BCUT2D eigenvalue weighted by Gasteiger charge is 2.21. The lowest BCUT2D eigenvalue weighted by atomic mass is 10.1. The summed E-state index contributed by atoms with van der Waals surface area (Å²) in [5, 5.41) is 4.04. The normalized spacial score (nSPS) is 13.6. The van der Waals surface area contributed by atoms with Gasteiger partial charge in [-0.15, -0.1) is 0 Å². The average molecular weight is 475 g/mol. The number of H-pyrrole nitrogens is 1. The summed E-state index contributed by atoms with van der Waals surface area (Å²) in [7, 11) is 0. The number of aromatic nitrogens is 2. The molecule has 1 amide bonds. The van der Waals surface area contributed by atoms with E-state index in [-0.39, 0.29) is 17.2 Å². The third-order valence-electron chi connectivity index (χ3n) is 4.92. The topological polar surface area (TPSA) is 78.1 Å². The summed E-state index contributed by atoms with van der Waals surface area (Å²) in [6.07, 6.45) is 0.701. The van der Waals surface area contributed by atoms with Crippen LogP contribution in [-0.2, 0) is 24.3 Å². The number of thioether (sulfide) groups is 1. The van der Waals surface area contributed by atoms with Gasteiger partial charge in [-0.1, -0.05) is 65.3 Å². The number of carbonyl (C=O) groups excluding carboxylic acids is 1. The number of anilines is 1. The molecule has 4 rings (SSSR count). The number of amides is 1. The van der Waals surface area contributed by atoms with Crippen LogP contribution in [0.1, 0.15) is 16.8 Å². The molecule has 1 aromatic heterocycles. The minimum atomic E-state index is -0.247. The van der Waals surface area contributed by atoms with Crippen molar-refractivity contribution in [2.24, 2.45) is 0 Å². The van der Waals surface area contributed by atoms with Gasteiger partial charge in [-0.25, -0.2) is 4.98 Å². The molecular weight excluding hydrogens is 455 g/mol. The van der Waals surface area contributed by atoms with Crippen LogP contribution >= 0.6 is 35.0 Å². The lowest BCUT2D eigenvalue weighted by molar-refractivity contribution is -0.113. The molecule has 0 bridgehead atoms. The van der Waals surface area contributed by atoms with E-state index in [0.717, 1.165) is 18.8 Å². The maximum atomic E-state index is 12.6. The summed E-state index contributed by atoms with van der Waals surface area (Å²) in [6.45, 7) is 2.19. The summed E-state index contributed by atoms with van der Waals surface area (Å²) in [4.78, 5) is 34.5. The number of nitrogens with zero attached hydrogens (tertiary/aromatic N) is 2. The van der Waals surface area contributed by atoms with Crippen molar-refractivity contribution in [2.75, 3.05) is 17.6 Å². The van der Waals surface area contributed by atoms with E-state index in [1.54, 1.807) is 18.2 Å². The Labute approximate surface area is 194 Å². The van der Waals surface area contributed by atoms with Gasteiger partial charge in [0.2, 0.25) is 5.91 Å². The van der Waals surface area contributed by atoms with Gasteiger partial charge in [0.25, 0.3) is 5.56 Å². The highest BCUT2D eigenvalue weighted by atomic mass is 35.5. The molecule has 0 saturated carbocycles. The average Bonchev–Trinajstić information content (AvgIpc) is 2.75. The molecule has 1 aliphatic heterocycles. The van der Waals surface area contributed by atoms with E-state index in [1.807, 2.05) is 18.2 Å². The van der Waals surface area contributed by atoms with E-state index in [1.165, 1.54) is 17.3 Å². The van der Waals surface area contributed by atoms with Gasteiger partial charge >= 0.3 is 0 Å². The second kappa shape index (κ2) is 9.87. The minimum Gasteiger partial charge on any atom is -0.324 e. The molecule has 0 fully saturated rings. The first-order valence-electron chi connectivity index (χ1n) is 9.74. The van der Waals surface area contributed by atoms with E-state index >= 15 is 0 Å². The number of fused-ring (bicyclic) bond motifs is 1. The molecule has 0 aliphatic carbocycles. The standard InChI is InChI=1S/C22H20Cl2N4O2S/c23-15-6-7-19(17(24)10-15)25-20(29)13-31-22-26-18-8-9-28(12-16(18)21(30)27-22)11-14-4-2-1-3-5-14/h1-7,10H,8-9,11-13H2,(H,25,29)(H,26,27,30). The fourth-order valence-electron chi connectivity index (χ4n) is 3.41. The number of carbonyl (C=O) groups is 1. The molecule has 160 valence electrons. The van der Waals surface area contributed by atoms with Crippen LogP contribution in [0.3, 0.4) is 0 Å². The number of hydrogen-bond donors (Lipinski definition) is 2. The fourth-order valence-corrected chi connectivity index (χ4v) is 4.55. The molecule has 31 heavy (non-hydrogen) atoms. The largest absolute Gasteiger partial charge is 0.324 e. The van der Waals surface area contributed by atoms with Gasteiger partial charge in [0.05, 0.1) is 27.7 Å². The Bertz CT molecular complexity index is 1150. The molecule has 0 radical (unpaired) electrons. The lowest BCUT2D eigenvalue weighted by Gasteiger charge is -2.27. The Kier molecular flexibility index (Phi) is 6.97. The maximum Gasteiger partial charge on any atom is 0.256 e. The zero-order valence-corrected chi connectivity index (χ0v) is 18.9. The molecule has 2 heterocycles. The molecule has 2 N–H and O–H groups in total. The van der Waals surface area contributed by atoms with E-state index in [9.17, 15) is 9.59 Å². The van der Waals surface area contributed by atoms with Crippen molar-refractivity contribution in [3.8, 4) is 0 Å². The zero-order valence-electron chi connectivity index (χ0n) is 16.5. The minimum absolute atomic E-state index is 0.0980. The fraction of sp³-hybridized carbons (Fsp3) is 0.227. The van der Waals surface area contributed by atoms with Crippen LogP contribution in [0.4, 0.5) is 5.69 Å². The van der Waals surface area contributed by atoms with Crippen molar-refractivity contribution < 1.29 is 4.79 Å². The van der Waals surface area contributed by atoms with E-state index < -0.39 is 0 Å². The smallest absolute Gasteiger partial charge is 0.256 e. The van der Waals surface area contributed by atoms with Gasteiger partial charge in [-0.2, -0.15) is 0 Å². The molecule has 0 spiro atoms. The Morgan fingerprint density at radius 2 is 2.00 bits per heavy atom. The lowest BCUT2D eigenvalue weighted by Crippen LogP contribution is -2.35. The van der Waals surface area contributed by atoms with Crippen molar-refractivity contribution in [2.45, 2.75) is 24.7 Å². The Morgan fingerprint density at radius 3 is 2.77 bits per heavy atom. The molecule has 0 unspecified atom stereocenters. The van der Waals surface area contributed by atoms with Gasteiger partial charge < -0.3 is 10.3 Å². The summed E-state index contributed by atoms with van der Waals surface area (Å²) >= 11 is 13.1. The summed E-state index contributed by atoms with van der Waals surface area (Å²) in [5.41, 5.74) is 3.06. The summed E-state index contributed by atoms with van der Waals surface area (Å²) in [5.74, 6) is -0.149. The van der Waals surface area contributed by atoms with Crippen LogP contribution < -0.4 is 10.9 Å². The monoisotopic (exact) mass is 474 g/mol. The number of aromatic amines is 1. The molecule has 3 aromatic rings. The van der Waals surface area contributed by atoms with E-state index in [2.05, 4.69) is 32.3 Å². The molecule has 0 saturated heterocycles. The summed E-state index contributed by atoms with van der Waals surface area (Å²) < 4.78 is 0. The number of rotatable bonds is 6. The van der Waals surface area contributed by atoms with Crippen LogP contribution in [0.5, 0.6) is 0 Å². The van der Waals surface area contributed by atoms with E-state index in [0.29, 0.717) is 39.4 Å². The van der Waals surface area contributed by atoms with E-state index in [4.69, 9.17) is 23.2 Å².